The molecule has 0 spiro atoms. The van der Waals surface area contributed by atoms with Gasteiger partial charge in [0.05, 0.1) is 12.5 Å². The van der Waals surface area contributed by atoms with E-state index >= 15 is 0 Å². The van der Waals surface area contributed by atoms with Crippen molar-refractivity contribution in [3.63, 3.8) is 0 Å². The Balaban J connectivity index is 3.03. The maximum Gasteiger partial charge on any atom is 0.315 e. The van der Waals surface area contributed by atoms with Crippen LogP contribution >= 0.6 is 0 Å². The van der Waals surface area contributed by atoms with Crippen molar-refractivity contribution in [3.8, 4) is 0 Å². The molecule has 0 unspecified atom stereocenters. The fourth-order valence-corrected chi connectivity index (χ4v) is 1.78. The number of ether oxygens (including phenoxy) is 1. The van der Waals surface area contributed by atoms with Crippen LogP contribution in [-0.2, 0) is 21.4 Å². The molecule has 0 atom stereocenters. The molecule has 0 aliphatic carbocycles. The van der Waals surface area contributed by atoms with E-state index in [4.69, 9.17) is 4.74 Å². The number of hydrogen-bond acceptors (Lipinski definition) is 2. The molecule has 0 saturated heterocycles. The van der Waals surface area contributed by atoms with Crippen LogP contribution in [0.15, 0.2) is 24.3 Å². The Hall–Kier alpha value is -1.31. The van der Waals surface area contributed by atoms with Crippen LogP contribution in [0.4, 0.5) is 0 Å². The first-order valence-electron chi connectivity index (χ1n) is 5.70. The van der Waals surface area contributed by atoms with Crippen molar-refractivity contribution >= 4 is 5.97 Å². The molecule has 2 nitrogen and oxygen atoms in total. The van der Waals surface area contributed by atoms with Gasteiger partial charge in [0, 0.05) is 0 Å². The molecule has 16 heavy (non-hydrogen) atoms. The fourth-order valence-electron chi connectivity index (χ4n) is 1.78. The van der Waals surface area contributed by atoms with Crippen LogP contribution in [0.2, 0.25) is 0 Å². The number of aryl methyl sites for hydroxylation is 1. The molecule has 0 bridgehead atoms. The summed E-state index contributed by atoms with van der Waals surface area (Å²) in [6.45, 7) is 5.94. The monoisotopic (exact) mass is 220 g/mol. The number of carbonyl (C=O) groups excluding carboxylic acids is 1. The number of rotatable bonds is 4. The summed E-state index contributed by atoms with van der Waals surface area (Å²) in [4.78, 5) is 11.7. The molecule has 1 aromatic carbocycles. The molecule has 0 amide bonds. The van der Waals surface area contributed by atoms with Crippen LogP contribution < -0.4 is 0 Å². The molecular formula is C14H20O2. The number of esters is 1. The Morgan fingerprint density at radius 3 is 2.62 bits per heavy atom. The van der Waals surface area contributed by atoms with Crippen molar-refractivity contribution in [1.82, 2.24) is 0 Å². The first kappa shape index (κ1) is 12.8. The Kier molecular flexibility index (Phi) is 4.11. The van der Waals surface area contributed by atoms with Gasteiger partial charge in [-0.15, -0.1) is 0 Å². The van der Waals surface area contributed by atoms with Crippen LogP contribution in [0.25, 0.3) is 0 Å². The fraction of sp³-hybridized carbons (Fsp3) is 0.500. The van der Waals surface area contributed by atoms with E-state index in [0.29, 0.717) is 0 Å². The van der Waals surface area contributed by atoms with Gasteiger partial charge < -0.3 is 4.74 Å². The Labute approximate surface area is 97.6 Å². The zero-order valence-electron chi connectivity index (χ0n) is 10.5. The molecule has 0 aliphatic rings. The average Bonchev–Trinajstić information content (AvgIpc) is 2.28. The van der Waals surface area contributed by atoms with Gasteiger partial charge in [0.25, 0.3) is 0 Å². The van der Waals surface area contributed by atoms with Gasteiger partial charge in [0.15, 0.2) is 0 Å². The largest absolute Gasteiger partial charge is 0.468 e. The molecule has 0 aromatic heterocycles. The number of benzene rings is 1. The summed E-state index contributed by atoms with van der Waals surface area (Å²) in [7, 11) is 1.43. The van der Waals surface area contributed by atoms with E-state index in [9.17, 15) is 4.79 Å². The average molecular weight is 220 g/mol. The minimum atomic E-state index is -0.571. The quantitative estimate of drug-likeness (QED) is 0.729. The molecule has 1 aromatic rings. The third-order valence-corrected chi connectivity index (χ3v) is 2.88. The van der Waals surface area contributed by atoms with Crippen LogP contribution in [0, 0.1) is 0 Å². The second-order valence-electron chi connectivity index (χ2n) is 4.57. The molecule has 0 aliphatic heterocycles. The van der Waals surface area contributed by atoms with Crippen molar-refractivity contribution in [2.24, 2.45) is 0 Å². The van der Waals surface area contributed by atoms with E-state index in [2.05, 4.69) is 19.1 Å². The summed E-state index contributed by atoms with van der Waals surface area (Å²) in [6.07, 6.45) is 2.16. The number of methoxy groups -OCH3 is 1. The minimum Gasteiger partial charge on any atom is -0.468 e. The summed E-state index contributed by atoms with van der Waals surface area (Å²) >= 11 is 0. The van der Waals surface area contributed by atoms with Crippen molar-refractivity contribution in [1.29, 1.82) is 0 Å². The molecule has 88 valence electrons. The third-order valence-electron chi connectivity index (χ3n) is 2.88. The standard InChI is InChI=1S/C14H20O2/c1-5-7-11-8-6-9-12(10-11)14(2,3)13(15)16-4/h6,8-10H,5,7H2,1-4H3. The van der Waals surface area contributed by atoms with Crippen LogP contribution in [0.3, 0.4) is 0 Å². The molecule has 0 N–H and O–H groups in total. The molecule has 0 fully saturated rings. The molecule has 0 heterocycles. The lowest BCUT2D eigenvalue weighted by atomic mass is 9.83. The van der Waals surface area contributed by atoms with Crippen LogP contribution in [-0.4, -0.2) is 13.1 Å². The van der Waals surface area contributed by atoms with Gasteiger partial charge in [-0.25, -0.2) is 0 Å². The molecular weight excluding hydrogens is 200 g/mol. The highest BCUT2D eigenvalue weighted by Gasteiger charge is 2.30. The predicted octanol–water partition coefficient (Wildman–Crippen LogP) is 3.09. The predicted molar refractivity (Wildman–Crippen MR) is 65.5 cm³/mol. The summed E-state index contributed by atoms with van der Waals surface area (Å²) in [5.41, 5.74) is 1.72. The summed E-state index contributed by atoms with van der Waals surface area (Å²) in [5.74, 6) is -0.193. The Morgan fingerprint density at radius 1 is 1.38 bits per heavy atom. The Morgan fingerprint density at radius 2 is 2.06 bits per heavy atom. The van der Waals surface area contributed by atoms with E-state index in [1.807, 2.05) is 26.0 Å². The van der Waals surface area contributed by atoms with E-state index in [1.54, 1.807) is 0 Å². The lowest BCUT2D eigenvalue weighted by Crippen LogP contribution is -2.30. The van der Waals surface area contributed by atoms with E-state index in [1.165, 1.54) is 12.7 Å². The maximum absolute atomic E-state index is 11.7. The van der Waals surface area contributed by atoms with Gasteiger partial charge in [-0.3, -0.25) is 4.79 Å². The summed E-state index contributed by atoms with van der Waals surface area (Å²) < 4.78 is 4.83. The van der Waals surface area contributed by atoms with E-state index in [-0.39, 0.29) is 5.97 Å². The molecule has 1 rings (SSSR count). The smallest absolute Gasteiger partial charge is 0.315 e. The normalized spacial score (nSPS) is 11.2. The second kappa shape index (κ2) is 5.15. The Bertz CT molecular complexity index is 367. The summed E-state index contributed by atoms with van der Waals surface area (Å²) in [6, 6.07) is 8.18. The zero-order valence-corrected chi connectivity index (χ0v) is 10.5. The molecule has 0 radical (unpaired) electrons. The maximum atomic E-state index is 11.7. The van der Waals surface area contributed by atoms with Gasteiger partial charge in [0.1, 0.15) is 0 Å². The van der Waals surface area contributed by atoms with E-state index in [0.717, 1.165) is 18.4 Å². The first-order chi connectivity index (χ1) is 7.52. The van der Waals surface area contributed by atoms with Gasteiger partial charge >= 0.3 is 5.97 Å². The second-order valence-corrected chi connectivity index (χ2v) is 4.57. The van der Waals surface area contributed by atoms with E-state index < -0.39 is 5.41 Å². The lowest BCUT2D eigenvalue weighted by Gasteiger charge is -2.22. The van der Waals surface area contributed by atoms with Gasteiger partial charge in [-0.1, -0.05) is 37.6 Å². The lowest BCUT2D eigenvalue weighted by molar-refractivity contribution is -0.146. The molecule has 0 saturated carbocycles. The van der Waals surface area contributed by atoms with Crippen LogP contribution in [0.1, 0.15) is 38.3 Å². The van der Waals surface area contributed by atoms with Crippen molar-refractivity contribution < 1.29 is 9.53 Å². The third kappa shape index (κ3) is 2.63. The van der Waals surface area contributed by atoms with Gasteiger partial charge in [0.2, 0.25) is 0 Å². The van der Waals surface area contributed by atoms with Crippen molar-refractivity contribution in [2.75, 3.05) is 7.11 Å². The van der Waals surface area contributed by atoms with Crippen LogP contribution in [0.5, 0.6) is 0 Å². The SMILES string of the molecule is CCCc1cccc(C(C)(C)C(=O)OC)c1. The van der Waals surface area contributed by atoms with Gasteiger partial charge in [-0.2, -0.15) is 0 Å². The summed E-state index contributed by atoms with van der Waals surface area (Å²) in [5, 5.41) is 0. The highest BCUT2D eigenvalue weighted by atomic mass is 16.5. The minimum absolute atomic E-state index is 0.193. The molecule has 2 heteroatoms. The number of hydrogen-bond donors (Lipinski definition) is 0. The van der Waals surface area contributed by atoms with Gasteiger partial charge in [-0.05, 0) is 31.4 Å². The topological polar surface area (TPSA) is 26.3 Å². The highest BCUT2D eigenvalue weighted by Crippen LogP contribution is 2.25. The van der Waals surface area contributed by atoms with Crippen molar-refractivity contribution in [2.45, 2.75) is 39.0 Å². The highest BCUT2D eigenvalue weighted by molar-refractivity contribution is 5.82. The number of carbonyl (C=O) groups is 1. The zero-order chi connectivity index (χ0) is 12.2. The van der Waals surface area contributed by atoms with Crippen molar-refractivity contribution in [3.05, 3.63) is 35.4 Å². The first-order valence-corrected chi connectivity index (χ1v) is 5.70.